The molecular weight excluding hydrogens is 462 g/mol. The van der Waals surface area contributed by atoms with Crippen LogP contribution in [-0.4, -0.2) is 63.2 Å². The van der Waals surface area contributed by atoms with Crippen molar-refractivity contribution < 1.29 is 18.7 Å². The van der Waals surface area contributed by atoms with Crippen LogP contribution in [0.4, 0.5) is 0 Å². The van der Waals surface area contributed by atoms with E-state index in [0.29, 0.717) is 18.0 Å². The number of benzene rings is 1. The number of furan rings is 1. The molecule has 0 aliphatic carbocycles. The number of nitrogens with one attached hydrogen (secondary N) is 1. The monoisotopic (exact) mass is 493 g/mol. The highest BCUT2D eigenvalue weighted by Gasteiger charge is 2.24. The summed E-state index contributed by atoms with van der Waals surface area (Å²) in [5, 5.41) is 3.57. The molecule has 0 saturated carbocycles. The van der Waals surface area contributed by atoms with E-state index >= 15 is 0 Å². The lowest BCUT2D eigenvalue weighted by molar-refractivity contribution is -0.130. The van der Waals surface area contributed by atoms with E-state index < -0.39 is 0 Å². The van der Waals surface area contributed by atoms with Gasteiger partial charge in [-0.2, -0.15) is 0 Å². The second-order valence-corrected chi connectivity index (χ2v) is 8.80. The third kappa shape index (κ3) is 6.48. The van der Waals surface area contributed by atoms with Gasteiger partial charge in [0.15, 0.2) is 18.1 Å². The molecule has 170 valence electrons. The molecule has 0 bridgehead atoms. The molecule has 1 fully saturated rings. The fourth-order valence-corrected chi connectivity index (χ4v) is 4.36. The molecule has 0 radical (unpaired) electrons. The van der Waals surface area contributed by atoms with Gasteiger partial charge >= 0.3 is 0 Å². The number of rotatable bonds is 10. The number of hydrogen-bond donors (Lipinski definition) is 1. The quantitative estimate of drug-likeness (QED) is 0.542. The van der Waals surface area contributed by atoms with Crippen molar-refractivity contribution >= 4 is 21.8 Å². The minimum Gasteiger partial charge on any atom is -0.493 e. The fourth-order valence-electron chi connectivity index (χ4n) is 3.75. The Hall–Kier alpha value is -2.03. The maximum atomic E-state index is 11.9. The van der Waals surface area contributed by atoms with E-state index in [4.69, 9.17) is 13.9 Å². The van der Waals surface area contributed by atoms with Crippen molar-refractivity contribution in [3.63, 3.8) is 0 Å². The summed E-state index contributed by atoms with van der Waals surface area (Å²) in [4.78, 5) is 15.9. The van der Waals surface area contributed by atoms with Crippen molar-refractivity contribution in [1.29, 1.82) is 0 Å². The Morgan fingerprint density at radius 2 is 2.06 bits per heavy atom. The van der Waals surface area contributed by atoms with Crippen LogP contribution in [0, 0.1) is 0 Å². The summed E-state index contributed by atoms with van der Waals surface area (Å²) < 4.78 is 17.7. The molecule has 1 aromatic carbocycles. The third-order valence-electron chi connectivity index (χ3n) is 5.50. The normalized spacial score (nSPS) is 15.5. The SMILES string of the molecule is COc1cc(CNCC(c2ccco2)N2CCCCC2)cc(Br)c1OCC(=O)N(C)C. The molecule has 1 atom stereocenters. The first-order chi connectivity index (χ1) is 15.0. The van der Waals surface area contributed by atoms with Gasteiger partial charge in [-0.15, -0.1) is 0 Å². The molecule has 2 heterocycles. The summed E-state index contributed by atoms with van der Waals surface area (Å²) in [5.74, 6) is 2.02. The Bertz CT molecular complexity index is 836. The second kappa shape index (κ2) is 11.5. The number of likely N-dealkylation sites (N-methyl/N-ethyl adjacent to an activating group) is 1. The predicted octanol–water partition coefficient (Wildman–Crippen LogP) is 3.83. The van der Waals surface area contributed by atoms with E-state index in [0.717, 1.165) is 35.4 Å². The smallest absolute Gasteiger partial charge is 0.259 e. The molecule has 1 unspecified atom stereocenters. The highest BCUT2D eigenvalue weighted by molar-refractivity contribution is 9.10. The van der Waals surface area contributed by atoms with Crippen LogP contribution >= 0.6 is 15.9 Å². The van der Waals surface area contributed by atoms with Crippen molar-refractivity contribution in [3.8, 4) is 11.5 Å². The summed E-state index contributed by atoms with van der Waals surface area (Å²) >= 11 is 3.56. The van der Waals surface area contributed by atoms with Crippen molar-refractivity contribution in [2.45, 2.75) is 31.8 Å². The fraction of sp³-hybridized carbons (Fsp3) is 0.522. The molecule has 2 aromatic rings. The molecule has 0 spiro atoms. The number of carbonyl (C=O) groups excluding carboxylic acids is 1. The van der Waals surface area contributed by atoms with Crippen molar-refractivity contribution in [2.75, 3.05) is 47.4 Å². The highest BCUT2D eigenvalue weighted by Crippen LogP contribution is 2.36. The molecule has 3 rings (SSSR count). The molecule has 31 heavy (non-hydrogen) atoms. The zero-order valence-electron chi connectivity index (χ0n) is 18.5. The molecule has 1 amide bonds. The Balaban J connectivity index is 1.63. The molecule has 1 aliphatic heterocycles. The minimum absolute atomic E-state index is 0.0414. The van der Waals surface area contributed by atoms with Gasteiger partial charge in [-0.3, -0.25) is 9.69 Å². The number of carbonyl (C=O) groups is 1. The van der Waals surface area contributed by atoms with Crippen molar-refractivity contribution in [1.82, 2.24) is 15.1 Å². The van der Waals surface area contributed by atoms with Crippen LogP contribution in [0.25, 0.3) is 0 Å². The van der Waals surface area contributed by atoms with Gasteiger partial charge in [-0.25, -0.2) is 0 Å². The van der Waals surface area contributed by atoms with Gasteiger partial charge in [-0.1, -0.05) is 6.42 Å². The molecule has 1 saturated heterocycles. The minimum atomic E-state index is -0.110. The number of hydrogen-bond acceptors (Lipinski definition) is 6. The van der Waals surface area contributed by atoms with Crippen LogP contribution < -0.4 is 14.8 Å². The lowest BCUT2D eigenvalue weighted by atomic mass is 10.1. The number of likely N-dealkylation sites (tertiary alicyclic amines) is 1. The predicted molar refractivity (Wildman–Crippen MR) is 123 cm³/mol. The van der Waals surface area contributed by atoms with Crippen LogP contribution in [0.2, 0.25) is 0 Å². The Labute approximate surface area is 192 Å². The van der Waals surface area contributed by atoms with E-state index in [2.05, 4.69) is 32.2 Å². The summed E-state index contributed by atoms with van der Waals surface area (Å²) in [6.45, 7) is 3.63. The summed E-state index contributed by atoms with van der Waals surface area (Å²) in [6.07, 6.45) is 5.52. The Morgan fingerprint density at radius 1 is 1.29 bits per heavy atom. The average Bonchev–Trinajstić information content (AvgIpc) is 3.30. The lowest BCUT2D eigenvalue weighted by Crippen LogP contribution is -2.38. The van der Waals surface area contributed by atoms with Gasteiger partial charge < -0.3 is 24.1 Å². The summed E-state index contributed by atoms with van der Waals surface area (Å²) in [7, 11) is 5.00. The number of nitrogens with zero attached hydrogens (tertiary/aromatic N) is 2. The van der Waals surface area contributed by atoms with Crippen molar-refractivity contribution in [2.24, 2.45) is 0 Å². The van der Waals surface area contributed by atoms with Crippen LogP contribution in [-0.2, 0) is 11.3 Å². The standard InChI is InChI=1S/C23H32BrN3O4/c1-26(2)22(28)16-31-23-18(24)12-17(13-21(23)29-3)14-25-15-19(20-8-7-11-30-20)27-9-5-4-6-10-27/h7-8,11-13,19,25H,4-6,9-10,14-16H2,1-3H3. The van der Waals surface area contributed by atoms with Crippen LogP contribution in [0.5, 0.6) is 11.5 Å². The largest absolute Gasteiger partial charge is 0.493 e. The van der Waals surface area contributed by atoms with Gasteiger partial charge in [0.05, 0.1) is 23.9 Å². The van der Waals surface area contributed by atoms with E-state index in [1.807, 2.05) is 18.2 Å². The summed E-state index contributed by atoms with van der Waals surface area (Å²) in [6, 6.07) is 8.17. The zero-order valence-corrected chi connectivity index (χ0v) is 20.1. The number of ether oxygens (including phenoxy) is 2. The van der Waals surface area contributed by atoms with E-state index in [1.165, 1.54) is 24.2 Å². The first-order valence-corrected chi connectivity index (χ1v) is 11.5. The van der Waals surface area contributed by atoms with Crippen LogP contribution in [0.15, 0.2) is 39.4 Å². The van der Waals surface area contributed by atoms with E-state index in [-0.39, 0.29) is 18.6 Å². The number of halogens is 1. The molecule has 1 aromatic heterocycles. The number of methoxy groups -OCH3 is 1. The summed E-state index contributed by atoms with van der Waals surface area (Å²) in [5.41, 5.74) is 1.06. The first-order valence-electron chi connectivity index (χ1n) is 10.7. The molecule has 8 heteroatoms. The molecule has 1 aliphatic rings. The zero-order chi connectivity index (χ0) is 22.2. The Kier molecular flexibility index (Phi) is 8.80. The number of piperidine rings is 1. The topological polar surface area (TPSA) is 67.2 Å². The lowest BCUT2D eigenvalue weighted by Gasteiger charge is -2.33. The highest BCUT2D eigenvalue weighted by atomic mass is 79.9. The molecule has 1 N–H and O–H groups in total. The van der Waals surface area contributed by atoms with E-state index in [1.54, 1.807) is 27.5 Å². The maximum absolute atomic E-state index is 11.9. The van der Waals surface area contributed by atoms with Crippen molar-refractivity contribution in [3.05, 3.63) is 46.3 Å². The Morgan fingerprint density at radius 3 is 2.71 bits per heavy atom. The molecular formula is C23H32BrN3O4. The third-order valence-corrected chi connectivity index (χ3v) is 6.09. The first kappa shape index (κ1) is 23.6. The van der Waals surface area contributed by atoms with Gasteiger partial charge in [0.25, 0.3) is 5.91 Å². The second-order valence-electron chi connectivity index (χ2n) is 7.94. The average molecular weight is 494 g/mol. The van der Waals surface area contributed by atoms with Gasteiger partial charge in [-0.05, 0) is 71.7 Å². The maximum Gasteiger partial charge on any atom is 0.259 e. The molecule has 7 nitrogen and oxygen atoms in total. The van der Waals surface area contributed by atoms with Crippen LogP contribution in [0.1, 0.15) is 36.6 Å². The van der Waals surface area contributed by atoms with Gasteiger partial charge in [0, 0.05) is 27.2 Å². The van der Waals surface area contributed by atoms with Crippen LogP contribution in [0.3, 0.4) is 0 Å². The van der Waals surface area contributed by atoms with Gasteiger partial charge in [0.1, 0.15) is 5.76 Å². The number of amides is 1. The van der Waals surface area contributed by atoms with Gasteiger partial charge in [0.2, 0.25) is 0 Å². The van der Waals surface area contributed by atoms with E-state index in [9.17, 15) is 4.79 Å².